The van der Waals surface area contributed by atoms with Crippen molar-refractivity contribution in [2.75, 3.05) is 23.2 Å². The van der Waals surface area contributed by atoms with Crippen molar-refractivity contribution in [3.05, 3.63) is 48.0 Å². The number of fused-ring (bicyclic) bond motifs is 1. The smallest absolute Gasteiger partial charge is 0.264 e. The summed E-state index contributed by atoms with van der Waals surface area (Å²) in [5.74, 6) is 0.584. The van der Waals surface area contributed by atoms with Gasteiger partial charge in [-0.15, -0.1) is 0 Å². The zero-order valence-corrected chi connectivity index (χ0v) is 12.4. The number of nitrogens with two attached hydrogens (primary N) is 1. The van der Waals surface area contributed by atoms with Crippen LogP contribution in [0.4, 0.5) is 11.4 Å². The molecule has 0 unspecified atom stereocenters. The molecule has 6 heteroatoms. The number of nitrogen functional groups attached to an aromatic ring is 1. The summed E-state index contributed by atoms with van der Waals surface area (Å²) in [6, 6.07) is 12.0. The van der Waals surface area contributed by atoms with Crippen LogP contribution in [0.3, 0.4) is 0 Å². The summed E-state index contributed by atoms with van der Waals surface area (Å²) in [5, 5.41) is 0. The molecule has 0 aromatic heterocycles. The number of rotatable bonds is 2. The summed E-state index contributed by atoms with van der Waals surface area (Å²) < 4.78 is 32.7. The molecular formula is C15H16N2O3S. The number of anilines is 2. The van der Waals surface area contributed by atoms with Gasteiger partial charge >= 0.3 is 0 Å². The van der Waals surface area contributed by atoms with Gasteiger partial charge < -0.3 is 10.5 Å². The molecule has 2 N–H and O–H groups in total. The second-order valence-electron chi connectivity index (χ2n) is 4.92. The summed E-state index contributed by atoms with van der Waals surface area (Å²) in [6.45, 7) is 2.38. The molecular weight excluding hydrogens is 288 g/mol. The fourth-order valence-corrected chi connectivity index (χ4v) is 4.14. The number of hydrogen-bond donors (Lipinski definition) is 1. The van der Waals surface area contributed by atoms with Gasteiger partial charge in [0.2, 0.25) is 0 Å². The molecule has 1 aliphatic rings. The molecule has 0 amide bonds. The standard InChI is InChI=1S/C15H16N2O3S/c1-11-10-12(16)6-7-15(11)21(18,19)17-8-9-20-14-5-3-2-4-13(14)17/h2-7,10H,8-9,16H2,1H3. The summed E-state index contributed by atoms with van der Waals surface area (Å²) in [7, 11) is -3.63. The van der Waals surface area contributed by atoms with Crippen LogP contribution in [0, 0.1) is 6.92 Å². The number of sulfonamides is 1. The Morgan fingerprint density at radius 2 is 1.95 bits per heavy atom. The van der Waals surface area contributed by atoms with Crippen LogP contribution in [0.2, 0.25) is 0 Å². The Bertz CT molecular complexity index is 787. The summed E-state index contributed by atoms with van der Waals surface area (Å²) in [6.07, 6.45) is 0. The van der Waals surface area contributed by atoms with E-state index < -0.39 is 10.0 Å². The van der Waals surface area contributed by atoms with Gasteiger partial charge in [-0.2, -0.15) is 0 Å². The fraction of sp³-hybridized carbons (Fsp3) is 0.200. The average molecular weight is 304 g/mol. The minimum Gasteiger partial charge on any atom is -0.489 e. The number of hydrogen-bond acceptors (Lipinski definition) is 4. The maximum atomic E-state index is 12.9. The maximum Gasteiger partial charge on any atom is 0.264 e. The minimum atomic E-state index is -3.63. The summed E-state index contributed by atoms with van der Waals surface area (Å²) in [4.78, 5) is 0.272. The summed E-state index contributed by atoms with van der Waals surface area (Å²) >= 11 is 0. The van der Waals surface area contributed by atoms with Gasteiger partial charge in [-0.25, -0.2) is 8.42 Å². The van der Waals surface area contributed by atoms with E-state index in [1.54, 1.807) is 43.3 Å². The molecule has 0 spiro atoms. The van der Waals surface area contributed by atoms with E-state index >= 15 is 0 Å². The van der Waals surface area contributed by atoms with Gasteiger partial charge in [-0.1, -0.05) is 12.1 Å². The molecule has 21 heavy (non-hydrogen) atoms. The Hall–Kier alpha value is -2.21. The lowest BCUT2D eigenvalue weighted by Crippen LogP contribution is -2.38. The van der Waals surface area contributed by atoms with E-state index in [1.165, 1.54) is 4.31 Å². The van der Waals surface area contributed by atoms with E-state index in [0.29, 0.717) is 35.8 Å². The molecule has 0 aliphatic carbocycles. The van der Waals surface area contributed by atoms with E-state index in [2.05, 4.69) is 0 Å². The molecule has 1 heterocycles. The third-order valence-corrected chi connectivity index (χ3v) is 5.43. The Kier molecular flexibility index (Phi) is 3.25. The van der Waals surface area contributed by atoms with Crippen molar-refractivity contribution < 1.29 is 13.2 Å². The zero-order valence-electron chi connectivity index (χ0n) is 11.6. The van der Waals surface area contributed by atoms with Crippen molar-refractivity contribution in [3.8, 4) is 5.75 Å². The van der Waals surface area contributed by atoms with Crippen molar-refractivity contribution in [1.82, 2.24) is 0 Å². The maximum absolute atomic E-state index is 12.9. The number of ether oxygens (including phenoxy) is 1. The van der Waals surface area contributed by atoms with Crippen molar-refractivity contribution in [1.29, 1.82) is 0 Å². The van der Waals surface area contributed by atoms with E-state index in [0.717, 1.165) is 0 Å². The summed E-state index contributed by atoms with van der Waals surface area (Å²) in [5.41, 5.74) is 7.45. The molecule has 1 aliphatic heterocycles. The molecule has 0 saturated heterocycles. The van der Waals surface area contributed by atoms with Gasteiger partial charge in [-0.05, 0) is 42.8 Å². The topological polar surface area (TPSA) is 72.6 Å². The Labute approximate surface area is 124 Å². The Morgan fingerprint density at radius 1 is 1.19 bits per heavy atom. The van der Waals surface area contributed by atoms with Crippen LogP contribution in [0.5, 0.6) is 5.75 Å². The first-order valence-corrected chi connectivity index (χ1v) is 8.05. The Morgan fingerprint density at radius 3 is 2.71 bits per heavy atom. The third-order valence-electron chi connectivity index (χ3n) is 3.45. The molecule has 0 fully saturated rings. The molecule has 110 valence electrons. The van der Waals surface area contributed by atoms with Crippen molar-refractivity contribution in [2.24, 2.45) is 0 Å². The van der Waals surface area contributed by atoms with Crippen molar-refractivity contribution in [3.63, 3.8) is 0 Å². The van der Waals surface area contributed by atoms with Crippen LogP contribution >= 0.6 is 0 Å². The lowest BCUT2D eigenvalue weighted by Gasteiger charge is -2.30. The zero-order chi connectivity index (χ0) is 15.0. The second kappa shape index (κ2) is 4.96. The molecule has 2 aromatic carbocycles. The lowest BCUT2D eigenvalue weighted by molar-refractivity contribution is 0.316. The van der Waals surface area contributed by atoms with E-state index in [-0.39, 0.29) is 4.90 Å². The van der Waals surface area contributed by atoms with E-state index in [1.807, 2.05) is 6.07 Å². The average Bonchev–Trinajstić information content (AvgIpc) is 2.46. The number of aryl methyl sites for hydroxylation is 1. The molecule has 0 radical (unpaired) electrons. The van der Waals surface area contributed by atoms with Crippen LogP contribution in [0.15, 0.2) is 47.4 Å². The first-order valence-electron chi connectivity index (χ1n) is 6.61. The molecule has 0 atom stereocenters. The normalized spacial score (nSPS) is 14.4. The van der Waals surface area contributed by atoms with Crippen LogP contribution in [-0.4, -0.2) is 21.6 Å². The molecule has 0 saturated carbocycles. The van der Waals surface area contributed by atoms with E-state index in [9.17, 15) is 8.42 Å². The largest absolute Gasteiger partial charge is 0.489 e. The molecule has 3 rings (SSSR count). The highest BCUT2D eigenvalue weighted by molar-refractivity contribution is 7.92. The quantitative estimate of drug-likeness (QED) is 0.863. The number of para-hydroxylation sites is 2. The van der Waals surface area contributed by atoms with Gasteiger partial charge in [0.05, 0.1) is 17.1 Å². The third kappa shape index (κ3) is 2.31. The van der Waals surface area contributed by atoms with Crippen LogP contribution in [-0.2, 0) is 10.0 Å². The van der Waals surface area contributed by atoms with Crippen LogP contribution in [0.1, 0.15) is 5.56 Å². The highest BCUT2D eigenvalue weighted by Crippen LogP contribution is 2.35. The predicted molar refractivity (Wildman–Crippen MR) is 82.1 cm³/mol. The predicted octanol–water partition coefficient (Wildman–Crippen LogP) is 2.16. The van der Waals surface area contributed by atoms with Crippen molar-refractivity contribution in [2.45, 2.75) is 11.8 Å². The van der Waals surface area contributed by atoms with Gasteiger partial charge in [0.1, 0.15) is 12.4 Å². The van der Waals surface area contributed by atoms with Crippen LogP contribution < -0.4 is 14.8 Å². The Balaban J connectivity index is 2.12. The SMILES string of the molecule is Cc1cc(N)ccc1S(=O)(=O)N1CCOc2ccccc21. The van der Waals surface area contributed by atoms with Gasteiger partial charge in [0.15, 0.2) is 0 Å². The van der Waals surface area contributed by atoms with E-state index in [4.69, 9.17) is 10.5 Å². The molecule has 2 aromatic rings. The van der Waals surface area contributed by atoms with Gasteiger partial charge in [-0.3, -0.25) is 4.31 Å². The number of benzene rings is 2. The number of nitrogens with zero attached hydrogens (tertiary/aromatic N) is 1. The van der Waals surface area contributed by atoms with Crippen LogP contribution in [0.25, 0.3) is 0 Å². The first kappa shape index (κ1) is 13.8. The van der Waals surface area contributed by atoms with Gasteiger partial charge in [0, 0.05) is 5.69 Å². The lowest BCUT2D eigenvalue weighted by atomic mass is 10.2. The van der Waals surface area contributed by atoms with Gasteiger partial charge in [0.25, 0.3) is 10.0 Å². The first-order chi connectivity index (χ1) is 10.00. The highest BCUT2D eigenvalue weighted by atomic mass is 32.2. The van der Waals surface area contributed by atoms with Crippen molar-refractivity contribution >= 4 is 21.4 Å². The monoisotopic (exact) mass is 304 g/mol. The minimum absolute atomic E-state index is 0.272. The fourth-order valence-electron chi connectivity index (χ4n) is 2.47. The highest BCUT2D eigenvalue weighted by Gasteiger charge is 2.30. The molecule has 0 bridgehead atoms. The molecule has 5 nitrogen and oxygen atoms in total. The second-order valence-corrected chi connectivity index (χ2v) is 6.75.